The maximum Gasteiger partial charge on any atom is 0.336 e. The number of carbonyl (C=O) groups is 2. The lowest BCUT2D eigenvalue weighted by Crippen LogP contribution is -1.99. The molecular weight excluding hydrogens is 268 g/mol. The third kappa shape index (κ3) is 3.57. The second-order valence-corrected chi connectivity index (χ2v) is 4.32. The molecule has 0 aliphatic carbocycles. The largest absolute Gasteiger partial charge is 0.497 e. The molecule has 2 aromatic rings. The quantitative estimate of drug-likeness (QED) is 0.675. The van der Waals surface area contributed by atoms with Gasteiger partial charge in [-0.2, -0.15) is 0 Å². The summed E-state index contributed by atoms with van der Waals surface area (Å²) in [5.74, 6) is -0.545. The highest BCUT2D eigenvalue weighted by Crippen LogP contribution is 2.14. The molecule has 4 nitrogen and oxygen atoms in total. The number of ketones is 1. The van der Waals surface area contributed by atoms with E-state index >= 15 is 0 Å². The summed E-state index contributed by atoms with van der Waals surface area (Å²) < 4.78 is 5.03. The zero-order valence-electron chi connectivity index (χ0n) is 11.4. The fourth-order valence-corrected chi connectivity index (χ4v) is 1.85. The smallest absolute Gasteiger partial charge is 0.336 e. The SMILES string of the molecule is COc1ccc(C(=O)C=Cc2ccccc2C(=O)O)cc1. The van der Waals surface area contributed by atoms with Crippen LogP contribution in [0.15, 0.2) is 54.6 Å². The van der Waals surface area contributed by atoms with Gasteiger partial charge in [0.1, 0.15) is 5.75 Å². The van der Waals surface area contributed by atoms with Gasteiger partial charge in [-0.1, -0.05) is 24.3 Å². The van der Waals surface area contributed by atoms with E-state index in [9.17, 15) is 9.59 Å². The van der Waals surface area contributed by atoms with Crippen molar-refractivity contribution in [3.8, 4) is 5.75 Å². The molecule has 4 heteroatoms. The number of rotatable bonds is 5. The van der Waals surface area contributed by atoms with Crippen LogP contribution in [0.5, 0.6) is 5.75 Å². The minimum atomic E-state index is -1.02. The van der Waals surface area contributed by atoms with Crippen LogP contribution < -0.4 is 4.74 Å². The predicted octanol–water partition coefficient (Wildman–Crippen LogP) is 3.29. The molecule has 0 aliphatic heterocycles. The number of carbonyl (C=O) groups excluding carboxylic acids is 1. The standard InChI is InChI=1S/C17H14O4/c1-21-14-9-6-13(7-10-14)16(18)11-8-12-4-2-3-5-15(12)17(19)20/h2-11H,1H3,(H,19,20). The third-order valence-electron chi connectivity index (χ3n) is 2.98. The van der Waals surface area contributed by atoms with Crippen molar-refractivity contribution in [2.45, 2.75) is 0 Å². The van der Waals surface area contributed by atoms with Crippen molar-refractivity contribution >= 4 is 17.8 Å². The first-order valence-electron chi connectivity index (χ1n) is 6.30. The van der Waals surface area contributed by atoms with Crippen molar-refractivity contribution in [3.63, 3.8) is 0 Å². The number of hydrogen-bond donors (Lipinski definition) is 1. The van der Waals surface area contributed by atoms with Gasteiger partial charge in [-0.05, 0) is 42.0 Å². The molecule has 0 atom stereocenters. The molecule has 0 fully saturated rings. The Bertz CT molecular complexity index is 684. The Labute approximate surface area is 122 Å². The number of aromatic carboxylic acids is 1. The molecule has 2 aromatic carbocycles. The van der Waals surface area contributed by atoms with Crippen molar-refractivity contribution in [2.24, 2.45) is 0 Å². The van der Waals surface area contributed by atoms with Gasteiger partial charge < -0.3 is 9.84 Å². The van der Waals surface area contributed by atoms with E-state index in [1.54, 1.807) is 49.6 Å². The first-order chi connectivity index (χ1) is 10.1. The average molecular weight is 282 g/mol. The monoisotopic (exact) mass is 282 g/mol. The van der Waals surface area contributed by atoms with Crippen LogP contribution in [0.4, 0.5) is 0 Å². The van der Waals surface area contributed by atoms with Crippen molar-refractivity contribution < 1.29 is 19.4 Å². The van der Waals surface area contributed by atoms with Gasteiger partial charge >= 0.3 is 5.97 Å². The molecular formula is C17H14O4. The summed E-state index contributed by atoms with van der Waals surface area (Å²) in [4.78, 5) is 23.1. The Balaban J connectivity index is 2.20. The number of ether oxygens (including phenoxy) is 1. The lowest BCUT2D eigenvalue weighted by molar-refractivity contribution is 0.0696. The molecule has 0 aromatic heterocycles. The molecule has 0 saturated carbocycles. The molecule has 0 heterocycles. The minimum absolute atomic E-state index is 0.163. The molecule has 0 bridgehead atoms. The van der Waals surface area contributed by atoms with Crippen LogP contribution in [0.2, 0.25) is 0 Å². The van der Waals surface area contributed by atoms with Gasteiger partial charge in [0.25, 0.3) is 0 Å². The number of carboxylic acids is 1. The third-order valence-corrected chi connectivity index (χ3v) is 2.98. The average Bonchev–Trinajstić information content (AvgIpc) is 2.52. The molecule has 0 unspecified atom stereocenters. The van der Waals surface area contributed by atoms with Gasteiger partial charge in [-0.3, -0.25) is 4.79 Å². The van der Waals surface area contributed by atoms with Crippen LogP contribution >= 0.6 is 0 Å². The molecule has 0 saturated heterocycles. The lowest BCUT2D eigenvalue weighted by atomic mass is 10.1. The van der Waals surface area contributed by atoms with E-state index in [4.69, 9.17) is 9.84 Å². The number of carboxylic acid groups (broad SMARTS) is 1. The van der Waals surface area contributed by atoms with E-state index in [2.05, 4.69) is 0 Å². The fraction of sp³-hybridized carbons (Fsp3) is 0.0588. The summed E-state index contributed by atoms with van der Waals surface area (Å²) in [5.41, 5.74) is 1.17. The number of benzene rings is 2. The second-order valence-electron chi connectivity index (χ2n) is 4.32. The Hall–Kier alpha value is -2.88. The normalized spacial score (nSPS) is 10.5. The fourth-order valence-electron chi connectivity index (χ4n) is 1.85. The molecule has 106 valence electrons. The molecule has 21 heavy (non-hydrogen) atoms. The van der Waals surface area contributed by atoms with Crippen LogP contribution in [0.1, 0.15) is 26.3 Å². The molecule has 0 spiro atoms. The summed E-state index contributed by atoms with van der Waals surface area (Å²) in [6.07, 6.45) is 2.87. The summed E-state index contributed by atoms with van der Waals surface area (Å²) in [7, 11) is 1.56. The zero-order chi connectivity index (χ0) is 15.2. The van der Waals surface area contributed by atoms with Crippen LogP contribution in [-0.2, 0) is 0 Å². The lowest BCUT2D eigenvalue weighted by Gasteiger charge is -2.01. The van der Waals surface area contributed by atoms with Crippen LogP contribution in [0.3, 0.4) is 0 Å². The first-order valence-corrected chi connectivity index (χ1v) is 6.30. The number of methoxy groups -OCH3 is 1. The van der Waals surface area contributed by atoms with Crippen LogP contribution in [0.25, 0.3) is 6.08 Å². The number of hydrogen-bond acceptors (Lipinski definition) is 3. The predicted molar refractivity (Wildman–Crippen MR) is 79.8 cm³/mol. The van der Waals surface area contributed by atoms with Crippen molar-refractivity contribution in [1.29, 1.82) is 0 Å². The van der Waals surface area contributed by atoms with E-state index in [0.29, 0.717) is 16.9 Å². The highest BCUT2D eigenvalue weighted by atomic mass is 16.5. The van der Waals surface area contributed by atoms with E-state index in [-0.39, 0.29) is 11.3 Å². The van der Waals surface area contributed by atoms with Gasteiger partial charge in [-0.15, -0.1) is 0 Å². The van der Waals surface area contributed by atoms with Gasteiger partial charge in [0.05, 0.1) is 12.7 Å². The van der Waals surface area contributed by atoms with Crippen LogP contribution in [0, 0.1) is 0 Å². The van der Waals surface area contributed by atoms with Gasteiger partial charge in [0.15, 0.2) is 5.78 Å². The summed E-state index contributed by atoms with van der Waals surface area (Å²) in [5, 5.41) is 9.07. The maximum absolute atomic E-state index is 12.0. The first kappa shape index (κ1) is 14.5. The Kier molecular flexibility index (Phi) is 4.51. The molecule has 0 radical (unpaired) electrons. The Morgan fingerprint density at radius 3 is 2.33 bits per heavy atom. The summed E-state index contributed by atoms with van der Waals surface area (Å²) >= 11 is 0. The Morgan fingerprint density at radius 2 is 1.71 bits per heavy atom. The molecule has 2 rings (SSSR count). The van der Waals surface area contributed by atoms with Gasteiger partial charge in [0, 0.05) is 5.56 Å². The highest BCUT2D eigenvalue weighted by molar-refractivity contribution is 6.07. The second kappa shape index (κ2) is 6.52. The van der Waals surface area contributed by atoms with Crippen molar-refractivity contribution in [2.75, 3.05) is 7.11 Å². The van der Waals surface area contributed by atoms with E-state index in [0.717, 1.165) is 0 Å². The topological polar surface area (TPSA) is 63.6 Å². The van der Waals surface area contributed by atoms with Crippen LogP contribution in [-0.4, -0.2) is 24.0 Å². The Morgan fingerprint density at radius 1 is 1.05 bits per heavy atom. The maximum atomic E-state index is 12.0. The van der Waals surface area contributed by atoms with Crippen molar-refractivity contribution in [3.05, 3.63) is 71.3 Å². The van der Waals surface area contributed by atoms with Crippen molar-refractivity contribution in [1.82, 2.24) is 0 Å². The van der Waals surface area contributed by atoms with E-state index < -0.39 is 5.97 Å². The van der Waals surface area contributed by atoms with Gasteiger partial charge in [0.2, 0.25) is 0 Å². The van der Waals surface area contributed by atoms with E-state index in [1.807, 2.05) is 0 Å². The van der Waals surface area contributed by atoms with E-state index in [1.165, 1.54) is 18.2 Å². The summed E-state index contributed by atoms with van der Waals surface area (Å²) in [6, 6.07) is 13.2. The molecule has 0 amide bonds. The highest BCUT2D eigenvalue weighted by Gasteiger charge is 2.07. The molecule has 1 N–H and O–H groups in total. The van der Waals surface area contributed by atoms with Gasteiger partial charge in [-0.25, -0.2) is 4.79 Å². The zero-order valence-corrected chi connectivity index (χ0v) is 11.4. The minimum Gasteiger partial charge on any atom is -0.497 e. The molecule has 0 aliphatic rings. The summed E-state index contributed by atoms with van der Waals surface area (Å²) in [6.45, 7) is 0. The number of allylic oxidation sites excluding steroid dienone is 1.